The van der Waals surface area contributed by atoms with Gasteiger partial charge in [0.25, 0.3) is 0 Å². The number of halogens is 3. The summed E-state index contributed by atoms with van der Waals surface area (Å²) in [5.41, 5.74) is 2.51. The van der Waals surface area contributed by atoms with E-state index in [2.05, 4.69) is 21.0 Å². The third kappa shape index (κ3) is 6.18. The predicted octanol–water partition coefficient (Wildman–Crippen LogP) is 5.20. The molecule has 0 radical (unpaired) electrons. The van der Waals surface area contributed by atoms with Gasteiger partial charge < -0.3 is 5.11 Å². The van der Waals surface area contributed by atoms with E-state index in [-0.39, 0.29) is 26.8 Å². The fraction of sp³-hybridized carbons (Fsp3) is 0.0909. The number of carbonyl (C=O) groups is 1. The monoisotopic (exact) mass is 605 g/mol. The number of alkyl halides is 3. The summed E-state index contributed by atoms with van der Waals surface area (Å²) in [6.45, 7) is 1.78. The zero-order valence-electron chi connectivity index (χ0n) is 16.0. The van der Waals surface area contributed by atoms with Gasteiger partial charge in [-0.2, -0.15) is 13.2 Å². The first-order chi connectivity index (χ1) is 14.3. The number of nitrogens with zero attached hydrogens (tertiary/aromatic N) is 3. The fourth-order valence-electron chi connectivity index (χ4n) is 2.58. The second-order valence-electron chi connectivity index (χ2n) is 6.16. The molecule has 0 amide bonds. The second-order valence-corrected chi connectivity index (χ2v) is 6.16. The maximum Gasteiger partial charge on any atom is 0.381 e. The summed E-state index contributed by atoms with van der Waals surface area (Å²) in [7, 11) is 0. The van der Waals surface area contributed by atoms with E-state index in [0.717, 1.165) is 17.6 Å². The molecule has 4 aromatic rings. The van der Waals surface area contributed by atoms with Crippen LogP contribution in [-0.2, 0) is 27.2 Å². The molecule has 9 heteroatoms. The van der Waals surface area contributed by atoms with Gasteiger partial charge in [-0.1, -0.05) is 18.2 Å². The first-order valence-corrected chi connectivity index (χ1v) is 8.72. The van der Waals surface area contributed by atoms with E-state index in [1.165, 1.54) is 18.3 Å². The van der Waals surface area contributed by atoms with Crippen LogP contribution >= 0.6 is 0 Å². The molecular weight excluding hydrogens is 590 g/mol. The summed E-state index contributed by atoms with van der Waals surface area (Å²) < 4.78 is 37.7. The van der Waals surface area contributed by atoms with Crippen LogP contribution in [0.1, 0.15) is 21.7 Å². The molecule has 0 fully saturated rings. The van der Waals surface area contributed by atoms with Gasteiger partial charge in [0.05, 0.1) is 11.0 Å². The number of hydrogen-bond acceptors (Lipinski definition) is 4. The molecule has 2 aromatic carbocycles. The Kier molecular flexibility index (Phi) is 8.00. The molecule has 0 unspecified atom stereocenters. The van der Waals surface area contributed by atoms with E-state index in [1.807, 2.05) is 24.3 Å². The zero-order chi connectivity index (χ0) is 21.7. The Hall–Kier alpha value is -3.12. The molecule has 4 rings (SSSR count). The molecule has 2 heterocycles. The Morgan fingerprint density at radius 1 is 0.968 bits per heavy atom. The van der Waals surface area contributed by atoms with Gasteiger partial charge in [-0.05, 0) is 36.8 Å². The number of pyridine rings is 1. The van der Waals surface area contributed by atoms with Crippen LogP contribution in [0.25, 0.3) is 22.3 Å². The number of hydrogen-bond donors (Lipinski definition) is 1. The second kappa shape index (κ2) is 10.3. The van der Waals surface area contributed by atoms with E-state index in [0.29, 0.717) is 22.5 Å². The minimum atomic E-state index is -4.36. The minimum Gasteiger partial charge on any atom is -0.477 e. The maximum atomic E-state index is 12.6. The summed E-state index contributed by atoms with van der Waals surface area (Å²) in [5.74, 6) is -0.990. The summed E-state index contributed by atoms with van der Waals surface area (Å²) >= 11 is 0. The van der Waals surface area contributed by atoms with Gasteiger partial charge in [-0.15, -0.1) is 29.8 Å². The fourth-order valence-corrected chi connectivity index (χ4v) is 2.58. The van der Waals surface area contributed by atoms with Crippen molar-refractivity contribution in [2.75, 3.05) is 0 Å². The van der Waals surface area contributed by atoms with Crippen molar-refractivity contribution in [2.45, 2.75) is 13.1 Å². The minimum absolute atomic E-state index is 0. The molecular formula is C22H15F3N3O2Pt-. The number of benzene rings is 2. The summed E-state index contributed by atoms with van der Waals surface area (Å²) in [6.07, 6.45) is -2.91. The van der Waals surface area contributed by atoms with Crippen LogP contribution in [0.15, 0.2) is 66.9 Å². The van der Waals surface area contributed by atoms with Crippen molar-refractivity contribution in [1.82, 2.24) is 15.0 Å². The van der Waals surface area contributed by atoms with Gasteiger partial charge in [-0.3, -0.25) is 9.97 Å². The van der Waals surface area contributed by atoms with Gasteiger partial charge >= 0.3 is 12.1 Å². The van der Waals surface area contributed by atoms with E-state index in [9.17, 15) is 18.0 Å². The van der Waals surface area contributed by atoms with Crippen molar-refractivity contribution in [3.63, 3.8) is 0 Å². The Morgan fingerprint density at radius 2 is 1.61 bits per heavy atom. The van der Waals surface area contributed by atoms with Gasteiger partial charge in [0.15, 0.2) is 0 Å². The quantitative estimate of drug-likeness (QED) is 0.318. The van der Waals surface area contributed by atoms with Crippen molar-refractivity contribution < 1.29 is 44.1 Å². The summed E-state index contributed by atoms with van der Waals surface area (Å²) in [4.78, 5) is 22.6. The van der Waals surface area contributed by atoms with Crippen LogP contribution in [0.3, 0.4) is 0 Å². The molecule has 0 saturated heterocycles. The van der Waals surface area contributed by atoms with Gasteiger partial charge in [-0.25, -0.2) is 9.78 Å². The van der Waals surface area contributed by atoms with E-state index >= 15 is 0 Å². The third-order valence-electron chi connectivity index (χ3n) is 4.02. The van der Waals surface area contributed by atoms with Crippen LogP contribution in [0.2, 0.25) is 0 Å². The van der Waals surface area contributed by atoms with Crippen molar-refractivity contribution in [3.05, 3.63) is 89.9 Å². The molecule has 0 spiro atoms. The Morgan fingerprint density at radius 3 is 2.10 bits per heavy atom. The van der Waals surface area contributed by atoms with Crippen LogP contribution in [0, 0.1) is 13.0 Å². The average molecular weight is 605 g/mol. The molecule has 0 bridgehead atoms. The molecule has 0 saturated carbocycles. The standard InChI is InChI=1S/C16H10F3N2.C6H5NO2.Pt/c1-10-15(21-14-5-3-2-4-13(14)20-10)11-6-8-12(9-7-11)16(17,18)19;8-6(9)5-3-1-2-4-7-5;/h2-6,8-9H,1H3;1-4H,(H,8,9);/q-1;;. The number of rotatable bonds is 2. The topological polar surface area (TPSA) is 76.0 Å². The van der Waals surface area contributed by atoms with Gasteiger partial charge in [0.1, 0.15) is 5.69 Å². The van der Waals surface area contributed by atoms with Gasteiger partial charge in [0, 0.05) is 38.6 Å². The Balaban J connectivity index is 0.000000289. The Labute approximate surface area is 190 Å². The SMILES string of the molecule is Cc1nc2ccccc2nc1-c1[c-]cc(C(F)(F)F)cc1.O=C(O)c1ccccn1.[Pt]. The summed E-state index contributed by atoms with van der Waals surface area (Å²) in [6, 6.07) is 18.1. The van der Waals surface area contributed by atoms with Crippen molar-refractivity contribution in [2.24, 2.45) is 0 Å². The molecule has 0 aliphatic rings. The number of aryl methyl sites for hydroxylation is 1. The van der Waals surface area contributed by atoms with Crippen LogP contribution < -0.4 is 0 Å². The zero-order valence-corrected chi connectivity index (χ0v) is 18.3. The number of carboxylic acid groups (broad SMARTS) is 1. The number of aromatic nitrogens is 3. The first-order valence-electron chi connectivity index (χ1n) is 8.72. The van der Waals surface area contributed by atoms with Crippen LogP contribution in [0.4, 0.5) is 13.2 Å². The summed E-state index contributed by atoms with van der Waals surface area (Å²) in [5, 5.41) is 8.32. The molecule has 0 aliphatic carbocycles. The molecule has 31 heavy (non-hydrogen) atoms. The van der Waals surface area contributed by atoms with E-state index < -0.39 is 17.7 Å². The Bertz CT molecular complexity index is 1170. The van der Waals surface area contributed by atoms with Crippen molar-refractivity contribution >= 4 is 17.0 Å². The van der Waals surface area contributed by atoms with E-state index in [4.69, 9.17) is 5.11 Å². The smallest absolute Gasteiger partial charge is 0.381 e. The van der Waals surface area contributed by atoms with E-state index in [1.54, 1.807) is 19.1 Å². The predicted molar refractivity (Wildman–Crippen MR) is 105 cm³/mol. The molecule has 5 nitrogen and oxygen atoms in total. The number of fused-ring (bicyclic) bond motifs is 1. The van der Waals surface area contributed by atoms with Crippen LogP contribution in [-0.4, -0.2) is 26.0 Å². The number of aromatic carboxylic acids is 1. The average Bonchev–Trinajstić information content (AvgIpc) is 2.74. The number of carboxylic acids is 1. The normalized spacial score (nSPS) is 10.6. The van der Waals surface area contributed by atoms with Crippen molar-refractivity contribution in [1.29, 1.82) is 0 Å². The van der Waals surface area contributed by atoms with Crippen LogP contribution in [0.5, 0.6) is 0 Å². The van der Waals surface area contributed by atoms with Gasteiger partial charge in [0.2, 0.25) is 0 Å². The maximum absolute atomic E-state index is 12.6. The molecule has 2 aromatic heterocycles. The molecule has 1 N–H and O–H groups in total. The number of para-hydroxylation sites is 2. The van der Waals surface area contributed by atoms with Crippen molar-refractivity contribution in [3.8, 4) is 11.3 Å². The molecule has 0 atom stereocenters. The molecule has 162 valence electrons. The largest absolute Gasteiger partial charge is 0.477 e. The third-order valence-corrected chi connectivity index (χ3v) is 4.02. The molecule has 0 aliphatic heterocycles. The first kappa shape index (κ1) is 24.2.